The first-order chi connectivity index (χ1) is 13.7. The van der Waals surface area contributed by atoms with Crippen LogP contribution in [0.25, 0.3) is 10.9 Å². The van der Waals surface area contributed by atoms with Crippen molar-refractivity contribution in [1.82, 2.24) is 9.13 Å². The molecule has 0 unspecified atom stereocenters. The molecular formula is C20H16F3N3O3. The van der Waals surface area contributed by atoms with Crippen LogP contribution in [-0.4, -0.2) is 15.0 Å². The van der Waals surface area contributed by atoms with Crippen molar-refractivity contribution in [3.63, 3.8) is 0 Å². The van der Waals surface area contributed by atoms with Crippen LogP contribution in [0.3, 0.4) is 0 Å². The van der Waals surface area contributed by atoms with E-state index >= 15 is 0 Å². The molecule has 0 saturated carbocycles. The number of benzene rings is 2. The maximum absolute atomic E-state index is 13.1. The summed E-state index contributed by atoms with van der Waals surface area (Å²) in [5.74, 6) is -0.835. The Bertz CT molecular complexity index is 1210. The van der Waals surface area contributed by atoms with Crippen LogP contribution in [0.5, 0.6) is 0 Å². The second-order valence-electron chi connectivity index (χ2n) is 6.18. The minimum Gasteiger partial charge on any atom is -0.324 e. The van der Waals surface area contributed by atoms with Crippen LogP contribution in [0.15, 0.2) is 70.8 Å². The van der Waals surface area contributed by atoms with Gasteiger partial charge in [-0.2, -0.15) is 13.2 Å². The van der Waals surface area contributed by atoms with Gasteiger partial charge in [0.2, 0.25) is 5.91 Å². The highest BCUT2D eigenvalue weighted by atomic mass is 19.4. The summed E-state index contributed by atoms with van der Waals surface area (Å²) in [5.41, 5.74) is -2.50. The van der Waals surface area contributed by atoms with E-state index < -0.39 is 41.1 Å². The Kier molecular flexibility index (Phi) is 5.40. The quantitative estimate of drug-likeness (QED) is 0.666. The number of nitrogens with zero attached hydrogens (tertiary/aromatic N) is 2. The van der Waals surface area contributed by atoms with E-state index in [2.05, 4.69) is 11.9 Å². The number of hydrogen-bond acceptors (Lipinski definition) is 3. The number of carbonyl (C=O) groups is 1. The van der Waals surface area contributed by atoms with E-state index in [1.54, 1.807) is 12.1 Å². The average molecular weight is 403 g/mol. The largest absolute Gasteiger partial charge is 0.418 e. The second-order valence-corrected chi connectivity index (χ2v) is 6.18. The number of hydrogen-bond donors (Lipinski definition) is 1. The lowest BCUT2D eigenvalue weighted by molar-refractivity contribution is -0.137. The van der Waals surface area contributed by atoms with E-state index in [9.17, 15) is 27.6 Å². The molecule has 6 nitrogen and oxygen atoms in total. The van der Waals surface area contributed by atoms with Crippen molar-refractivity contribution >= 4 is 22.5 Å². The number of para-hydroxylation sites is 2. The van der Waals surface area contributed by atoms with Crippen molar-refractivity contribution in [2.45, 2.75) is 19.3 Å². The summed E-state index contributed by atoms with van der Waals surface area (Å²) in [4.78, 5) is 37.7. The molecule has 0 bridgehead atoms. The molecule has 1 aromatic heterocycles. The van der Waals surface area contributed by atoms with Gasteiger partial charge in [-0.05, 0) is 24.3 Å². The van der Waals surface area contributed by atoms with E-state index in [0.717, 1.165) is 21.3 Å². The smallest absolute Gasteiger partial charge is 0.324 e. The Hall–Kier alpha value is -3.62. The van der Waals surface area contributed by atoms with Gasteiger partial charge in [-0.15, -0.1) is 6.58 Å². The van der Waals surface area contributed by atoms with Gasteiger partial charge in [-0.1, -0.05) is 30.3 Å². The molecule has 1 N–H and O–H groups in total. The molecule has 0 saturated heterocycles. The number of aromatic nitrogens is 2. The monoisotopic (exact) mass is 403 g/mol. The Morgan fingerprint density at radius 2 is 1.69 bits per heavy atom. The maximum atomic E-state index is 13.1. The Morgan fingerprint density at radius 1 is 1.03 bits per heavy atom. The number of allylic oxidation sites excluding steroid dienone is 1. The number of amides is 1. The van der Waals surface area contributed by atoms with Crippen LogP contribution in [0.2, 0.25) is 0 Å². The molecule has 3 aromatic rings. The minimum atomic E-state index is -4.65. The van der Waals surface area contributed by atoms with Gasteiger partial charge >= 0.3 is 11.9 Å². The standard InChI is InChI=1S/C20H16F3N3O3/c1-2-11-25-18(28)13-7-3-6-10-16(13)26(19(25)29)12-17(27)24-15-9-5-4-8-14(15)20(21,22)23/h2-10H,1,11-12H2,(H,24,27). The van der Waals surface area contributed by atoms with Crippen LogP contribution in [0.1, 0.15) is 5.56 Å². The first-order valence-corrected chi connectivity index (χ1v) is 8.53. The number of halogens is 3. The van der Waals surface area contributed by atoms with Crippen molar-refractivity contribution in [2.24, 2.45) is 0 Å². The van der Waals surface area contributed by atoms with E-state index in [0.29, 0.717) is 0 Å². The third kappa shape index (κ3) is 3.98. The van der Waals surface area contributed by atoms with Crippen molar-refractivity contribution in [3.05, 3.63) is 87.6 Å². The predicted molar refractivity (Wildman–Crippen MR) is 103 cm³/mol. The first kappa shape index (κ1) is 20.1. The van der Waals surface area contributed by atoms with Gasteiger partial charge in [0, 0.05) is 6.54 Å². The summed E-state index contributed by atoms with van der Waals surface area (Å²) in [6.07, 6.45) is -3.29. The van der Waals surface area contributed by atoms with Crippen molar-refractivity contribution < 1.29 is 18.0 Å². The highest BCUT2D eigenvalue weighted by Crippen LogP contribution is 2.34. The average Bonchev–Trinajstić information content (AvgIpc) is 2.68. The van der Waals surface area contributed by atoms with Crippen LogP contribution >= 0.6 is 0 Å². The Labute approximate surface area is 162 Å². The van der Waals surface area contributed by atoms with E-state index in [1.807, 2.05) is 0 Å². The lowest BCUT2D eigenvalue weighted by Gasteiger charge is -2.15. The van der Waals surface area contributed by atoms with Gasteiger partial charge in [0.25, 0.3) is 5.56 Å². The number of carbonyl (C=O) groups excluding carboxylic acids is 1. The summed E-state index contributed by atoms with van der Waals surface area (Å²) in [7, 11) is 0. The number of anilines is 1. The SMILES string of the molecule is C=CCn1c(=O)c2ccccc2n(CC(=O)Nc2ccccc2C(F)(F)F)c1=O. The Balaban J connectivity index is 2.03. The zero-order chi connectivity index (χ0) is 21.2. The highest BCUT2D eigenvalue weighted by Gasteiger charge is 2.33. The van der Waals surface area contributed by atoms with Gasteiger partial charge in [0.1, 0.15) is 6.54 Å². The van der Waals surface area contributed by atoms with Crippen LogP contribution in [-0.2, 0) is 24.1 Å². The molecule has 1 heterocycles. The normalized spacial score (nSPS) is 11.4. The Morgan fingerprint density at radius 3 is 2.38 bits per heavy atom. The number of nitrogens with one attached hydrogen (secondary N) is 1. The first-order valence-electron chi connectivity index (χ1n) is 8.53. The molecule has 29 heavy (non-hydrogen) atoms. The number of fused-ring (bicyclic) bond motifs is 1. The molecule has 0 fully saturated rings. The van der Waals surface area contributed by atoms with E-state index in [1.165, 1.54) is 30.3 Å². The molecule has 0 aliphatic carbocycles. The summed E-state index contributed by atoms with van der Waals surface area (Å²) in [5, 5.41) is 2.40. The van der Waals surface area contributed by atoms with Crippen molar-refractivity contribution in [3.8, 4) is 0 Å². The van der Waals surface area contributed by atoms with Crippen LogP contribution in [0.4, 0.5) is 18.9 Å². The minimum absolute atomic E-state index is 0.0684. The molecular weight excluding hydrogens is 387 g/mol. The number of alkyl halides is 3. The van der Waals surface area contributed by atoms with Gasteiger partial charge < -0.3 is 5.32 Å². The molecule has 150 valence electrons. The fraction of sp³-hybridized carbons (Fsp3) is 0.150. The summed E-state index contributed by atoms with van der Waals surface area (Å²) >= 11 is 0. The molecule has 0 spiro atoms. The van der Waals surface area contributed by atoms with Gasteiger partial charge in [0.05, 0.1) is 22.2 Å². The van der Waals surface area contributed by atoms with Gasteiger partial charge in [0.15, 0.2) is 0 Å². The topological polar surface area (TPSA) is 73.1 Å². The molecule has 3 rings (SSSR count). The molecule has 1 amide bonds. The zero-order valence-electron chi connectivity index (χ0n) is 15.1. The van der Waals surface area contributed by atoms with Crippen LogP contribution in [0, 0.1) is 0 Å². The second kappa shape index (κ2) is 7.78. The van der Waals surface area contributed by atoms with Gasteiger partial charge in [-0.25, -0.2) is 4.79 Å². The predicted octanol–water partition coefficient (Wildman–Crippen LogP) is 3.01. The zero-order valence-corrected chi connectivity index (χ0v) is 15.1. The fourth-order valence-electron chi connectivity index (χ4n) is 2.99. The number of rotatable bonds is 5. The van der Waals surface area contributed by atoms with Crippen molar-refractivity contribution in [2.75, 3.05) is 5.32 Å². The summed E-state index contributed by atoms with van der Waals surface area (Å²) < 4.78 is 41.3. The molecule has 0 radical (unpaired) electrons. The van der Waals surface area contributed by atoms with E-state index in [-0.39, 0.29) is 17.4 Å². The third-order valence-corrected chi connectivity index (χ3v) is 4.25. The van der Waals surface area contributed by atoms with E-state index in [4.69, 9.17) is 0 Å². The molecule has 0 aliphatic rings. The van der Waals surface area contributed by atoms with Crippen molar-refractivity contribution in [1.29, 1.82) is 0 Å². The lowest BCUT2D eigenvalue weighted by atomic mass is 10.1. The fourth-order valence-corrected chi connectivity index (χ4v) is 2.99. The summed E-state index contributed by atoms with van der Waals surface area (Å²) in [6, 6.07) is 10.7. The molecule has 9 heteroatoms. The van der Waals surface area contributed by atoms with Gasteiger partial charge in [-0.3, -0.25) is 18.7 Å². The molecule has 0 aliphatic heterocycles. The summed E-state index contributed by atoms with van der Waals surface area (Å²) in [6.45, 7) is 2.87. The maximum Gasteiger partial charge on any atom is 0.418 e. The molecule has 2 aromatic carbocycles. The van der Waals surface area contributed by atoms with Crippen LogP contribution < -0.4 is 16.6 Å². The third-order valence-electron chi connectivity index (χ3n) is 4.25. The highest BCUT2D eigenvalue weighted by molar-refractivity contribution is 5.92. The lowest BCUT2D eigenvalue weighted by Crippen LogP contribution is -2.41. The molecule has 0 atom stereocenters.